The average molecular weight is 430 g/mol. The van der Waals surface area contributed by atoms with Crippen molar-refractivity contribution >= 4 is 46.6 Å². The molecule has 2 aromatic heterocycles. The van der Waals surface area contributed by atoms with E-state index < -0.39 is 0 Å². The Hall–Kier alpha value is -1.37. The number of halogens is 3. The third-order valence-electron chi connectivity index (χ3n) is 4.98. The lowest BCUT2D eigenvalue weighted by Crippen LogP contribution is -2.38. The van der Waals surface area contributed by atoms with E-state index in [1.54, 1.807) is 0 Å². The standard InChI is InChI=1S/C19H20Cl2N4.ClH.H2O/c1-10-8-22-17-9-23-19(25-18(10)17)13-5-11(2)24-16(7-13)12-3-4-14(20)15(21)6-12;;/h3-4,6,8-9,11,13,16,22,24H,5,7H2,1-2H3;1H;1H2. The molecule has 0 spiro atoms. The second-order valence-electron chi connectivity index (χ2n) is 6.92. The second kappa shape index (κ2) is 8.76. The summed E-state index contributed by atoms with van der Waals surface area (Å²) >= 11 is 12.3. The number of aromatic amines is 1. The monoisotopic (exact) mass is 428 g/mol. The van der Waals surface area contributed by atoms with Crippen molar-refractivity contribution in [3.05, 3.63) is 57.6 Å². The van der Waals surface area contributed by atoms with E-state index in [4.69, 9.17) is 28.2 Å². The van der Waals surface area contributed by atoms with Crippen LogP contribution < -0.4 is 5.32 Å². The minimum atomic E-state index is 0. The summed E-state index contributed by atoms with van der Waals surface area (Å²) in [7, 11) is 0. The molecule has 8 heteroatoms. The Kier molecular flexibility index (Phi) is 7.11. The Balaban J connectivity index is 0.00000131. The molecule has 1 aliphatic heterocycles. The van der Waals surface area contributed by atoms with Gasteiger partial charge >= 0.3 is 0 Å². The molecule has 0 aliphatic carbocycles. The van der Waals surface area contributed by atoms with Crippen molar-refractivity contribution in [2.75, 3.05) is 0 Å². The average Bonchev–Trinajstić information content (AvgIpc) is 2.97. The Morgan fingerprint density at radius 3 is 2.67 bits per heavy atom. The second-order valence-corrected chi connectivity index (χ2v) is 7.74. The minimum Gasteiger partial charge on any atom is -0.412 e. The predicted molar refractivity (Wildman–Crippen MR) is 113 cm³/mol. The topological polar surface area (TPSA) is 85.1 Å². The zero-order valence-electron chi connectivity index (χ0n) is 15.1. The molecule has 4 rings (SSSR count). The van der Waals surface area contributed by atoms with E-state index in [0.29, 0.717) is 22.0 Å². The molecule has 4 N–H and O–H groups in total. The van der Waals surface area contributed by atoms with Crippen molar-refractivity contribution in [2.45, 2.75) is 44.7 Å². The molecule has 1 fully saturated rings. The first-order valence-electron chi connectivity index (χ1n) is 8.53. The van der Waals surface area contributed by atoms with Crippen molar-refractivity contribution in [3.8, 4) is 0 Å². The number of aromatic nitrogens is 3. The molecule has 0 radical (unpaired) electrons. The maximum atomic E-state index is 6.21. The number of H-pyrrole nitrogens is 1. The van der Waals surface area contributed by atoms with E-state index in [-0.39, 0.29) is 23.9 Å². The van der Waals surface area contributed by atoms with E-state index in [9.17, 15) is 0 Å². The van der Waals surface area contributed by atoms with Crippen LogP contribution >= 0.6 is 35.6 Å². The zero-order chi connectivity index (χ0) is 17.6. The van der Waals surface area contributed by atoms with Crippen molar-refractivity contribution < 1.29 is 5.48 Å². The van der Waals surface area contributed by atoms with Crippen molar-refractivity contribution in [3.63, 3.8) is 0 Å². The third kappa shape index (κ3) is 4.39. The van der Waals surface area contributed by atoms with Crippen molar-refractivity contribution in [2.24, 2.45) is 0 Å². The van der Waals surface area contributed by atoms with Gasteiger partial charge in [0, 0.05) is 24.2 Å². The van der Waals surface area contributed by atoms with Crippen LogP contribution in [0.15, 0.2) is 30.6 Å². The normalized spacial score (nSPS) is 22.1. The molecule has 5 nitrogen and oxygen atoms in total. The predicted octanol–water partition coefficient (Wildman–Crippen LogP) is 4.77. The number of benzene rings is 1. The fourth-order valence-electron chi connectivity index (χ4n) is 3.71. The van der Waals surface area contributed by atoms with E-state index in [1.807, 2.05) is 30.6 Å². The number of aryl methyl sites for hydroxylation is 1. The summed E-state index contributed by atoms with van der Waals surface area (Å²) in [6.07, 6.45) is 5.84. The molecule has 3 unspecified atom stereocenters. The first-order valence-corrected chi connectivity index (χ1v) is 9.28. The first-order chi connectivity index (χ1) is 12.0. The van der Waals surface area contributed by atoms with Gasteiger partial charge in [0.15, 0.2) is 0 Å². The lowest BCUT2D eigenvalue weighted by molar-refractivity contribution is 0.300. The van der Waals surface area contributed by atoms with Crippen LogP contribution in [0.4, 0.5) is 0 Å². The van der Waals surface area contributed by atoms with Gasteiger partial charge in [0.1, 0.15) is 5.82 Å². The maximum Gasteiger partial charge on any atom is 0.132 e. The molecule has 0 amide bonds. The molecule has 3 aromatic rings. The third-order valence-corrected chi connectivity index (χ3v) is 5.72. The molecular formula is C19H23Cl3N4O. The van der Waals surface area contributed by atoms with Crippen LogP contribution in [0.5, 0.6) is 0 Å². The van der Waals surface area contributed by atoms with Gasteiger partial charge in [0.05, 0.1) is 27.3 Å². The minimum absolute atomic E-state index is 0. The molecule has 1 aromatic carbocycles. The van der Waals surface area contributed by atoms with Crippen molar-refractivity contribution in [1.29, 1.82) is 0 Å². The molecule has 0 bridgehead atoms. The summed E-state index contributed by atoms with van der Waals surface area (Å²) in [5, 5.41) is 4.84. The van der Waals surface area contributed by atoms with Gasteiger partial charge < -0.3 is 15.8 Å². The maximum absolute atomic E-state index is 6.21. The van der Waals surface area contributed by atoms with Crippen LogP contribution in [0.25, 0.3) is 11.0 Å². The van der Waals surface area contributed by atoms with Crippen molar-refractivity contribution in [1.82, 2.24) is 20.3 Å². The van der Waals surface area contributed by atoms with Gasteiger partial charge in [0.25, 0.3) is 0 Å². The van der Waals surface area contributed by atoms with E-state index in [1.165, 1.54) is 0 Å². The van der Waals surface area contributed by atoms with Crippen LogP contribution in [0.2, 0.25) is 10.0 Å². The van der Waals surface area contributed by atoms with Gasteiger partial charge in [-0.25, -0.2) is 9.97 Å². The van der Waals surface area contributed by atoms with E-state index in [0.717, 1.165) is 40.8 Å². The quantitative estimate of drug-likeness (QED) is 0.615. The number of hydrogen-bond acceptors (Lipinski definition) is 3. The molecule has 1 aliphatic rings. The Morgan fingerprint density at radius 1 is 1.15 bits per heavy atom. The molecule has 0 saturated carbocycles. The molecule has 146 valence electrons. The van der Waals surface area contributed by atoms with Crippen LogP contribution in [-0.4, -0.2) is 26.5 Å². The summed E-state index contributed by atoms with van der Waals surface area (Å²) < 4.78 is 0. The highest BCUT2D eigenvalue weighted by atomic mass is 35.5. The highest BCUT2D eigenvalue weighted by molar-refractivity contribution is 6.42. The molecular weight excluding hydrogens is 407 g/mol. The van der Waals surface area contributed by atoms with Gasteiger partial charge in [-0.1, -0.05) is 29.3 Å². The van der Waals surface area contributed by atoms with Gasteiger partial charge in [0.2, 0.25) is 0 Å². The van der Waals surface area contributed by atoms with Gasteiger partial charge in [-0.2, -0.15) is 0 Å². The summed E-state index contributed by atoms with van der Waals surface area (Å²) in [6, 6.07) is 6.46. The lowest BCUT2D eigenvalue weighted by atomic mass is 9.85. The first kappa shape index (κ1) is 21.9. The number of fused-ring (bicyclic) bond motifs is 1. The van der Waals surface area contributed by atoms with Crippen LogP contribution in [-0.2, 0) is 0 Å². The van der Waals surface area contributed by atoms with Gasteiger partial charge in [-0.05, 0) is 49.9 Å². The van der Waals surface area contributed by atoms with Gasteiger partial charge in [-0.3, -0.25) is 0 Å². The fourth-order valence-corrected chi connectivity index (χ4v) is 4.02. The Morgan fingerprint density at radius 2 is 1.93 bits per heavy atom. The Bertz CT molecular complexity index is 930. The molecule has 3 atom stereocenters. The summed E-state index contributed by atoms with van der Waals surface area (Å²) in [4.78, 5) is 12.7. The summed E-state index contributed by atoms with van der Waals surface area (Å²) in [6.45, 7) is 4.27. The van der Waals surface area contributed by atoms with E-state index in [2.05, 4.69) is 29.1 Å². The molecule has 27 heavy (non-hydrogen) atoms. The van der Waals surface area contributed by atoms with E-state index >= 15 is 0 Å². The summed E-state index contributed by atoms with van der Waals surface area (Å²) in [5.41, 5.74) is 4.32. The number of nitrogens with zero attached hydrogens (tertiary/aromatic N) is 2. The number of rotatable bonds is 2. The highest BCUT2D eigenvalue weighted by Crippen LogP contribution is 2.37. The number of hydrogen-bond donors (Lipinski definition) is 2. The Labute approximate surface area is 174 Å². The SMILES string of the molecule is Cc1c[nH]c2cnc(C3CC(C)NC(c4ccc(Cl)c(Cl)c4)C3)nc12.Cl.O. The largest absolute Gasteiger partial charge is 0.412 e. The number of nitrogens with one attached hydrogen (secondary N) is 2. The fraction of sp³-hybridized carbons (Fsp3) is 0.368. The zero-order valence-corrected chi connectivity index (χ0v) is 17.4. The summed E-state index contributed by atoms with van der Waals surface area (Å²) in [5.74, 6) is 1.24. The molecule has 1 saturated heterocycles. The van der Waals surface area contributed by atoms with Crippen LogP contribution in [0.3, 0.4) is 0 Å². The molecule has 3 heterocycles. The lowest BCUT2D eigenvalue weighted by Gasteiger charge is -2.34. The van der Waals surface area contributed by atoms with Crippen LogP contribution in [0.1, 0.15) is 48.7 Å². The highest BCUT2D eigenvalue weighted by Gasteiger charge is 2.30. The smallest absolute Gasteiger partial charge is 0.132 e. The van der Waals surface area contributed by atoms with Gasteiger partial charge in [-0.15, -0.1) is 12.4 Å². The number of piperidine rings is 1. The van der Waals surface area contributed by atoms with Crippen LogP contribution in [0, 0.1) is 6.92 Å².